The summed E-state index contributed by atoms with van der Waals surface area (Å²) in [7, 11) is -22.9. The highest BCUT2D eigenvalue weighted by Crippen LogP contribution is 2.40. The number of nitrogens with two attached hydrogens (primary N) is 1. The molecule has 20 nitrogen and oxygen atoms in total. The summed E-state index contributed by atoms with van der Waals surface area (Å²) in [5, 5.41) is 5.43. The van der Waals surface area contributed by atoms with E-state index in [1.165, 1.54) is 0 Å². The van der Waals surface area contributed by atoms with Crippen LogP contribution in [0.2, 0.25) is 50.9 Å². The highest BCUT2D eigenvalue weighted by molar-refractivity contribution is 6.95. The first-order chi connectivity index (χ1) is 25.1. The summed E-state index contributed by atoms with van der Waals surface area (Å²) in [6, 6.07) is -0.0542. The number of nitrogens with zero attached hydrogens (tertiary/aromatic N) is 2. The number of rotatable bonds is 17. The molecule has 0 aromatic carbocycles. The monoisotopic (exact) mass is 865 g/mol. The van der Waals surface area contributed by atoms with Gasteiger partial charge in [-0.15, -0.1) is 0 Å². The van der Waals surface area contributed by atoms with Crippen LogP contribution in [-0.4, -0.2) is 140 Å². The average molecular weight is 866 g/mol. The average Bonchev–Trinajstić information content (AvgIpc) is 3.53. The molecular formula is C28H51N5O15Si6. The molecule has 54 heavy (non-hydrogen) atoms. The van der Waals surface area contributed by atoms with E-state index in [4.69, 9.17) is 34.5 Å². The summed E-state index contributed by atoms with van der Waals surface area (Å²) < 4.78 is 45.4. The molecule has 0 aromatic rings. The number of hydrogen-bond donors (Lipinski definition) is 5. The molecule has 4 aliphatic heterocycles. The Kier molecular flexibility index (Phi) is 14.6. The van der Waals surface area contributed by atoms with Crippen LogP contribution >= 0.6 is 0 Å². The van der Waals surface area contributed by atoms with Gasteiger partial charge >= 0.3 is 52.3 Å². The van der Waals surface area contributed by atoms with Crippen LogP contribution in [0, 0.1) is 0 Å². The van der Waals surface area contributed by atoms with Gasteiger partial charge in [-0.1, -0.05) is 0 Å². The highest BCUT2D eigenvalue weighted by Gasteiger charge is 2.67. The van der Waals surface area contributed by atoms with Gasteiger partial charge in [-0.2, -0.15) is 0 Å². The fourth-order valence-electron chi connectivity index (χ4n) is 6.30. The topological polar surface area (TPSA) is 264 Å². The van der Waals surface area contributed by atoms with Crippen molar-refractivity contribution in [1.29, 1.82) is 0 Å². The first-order valence-corrected chi connectivity index (χ1v) is 31.5. The molecule has 6 amide bonds. The Balaban J connectivity index is 1.44. The van der Waals surface area contributed by atoms with Crippen molar-refractivity contribution in [3.05, 3.63) is 24.3 Å². The van der Waals surface area contributed by atoms with Crippen molar-refractivity contribution in [1.82, 2.24) is 20.4 Å². The van der Waals surface area contributed by atoms with Gasteiger partial charge < -0.3 is 54.8 Å². The Bertz CT molecular complexity index is 1400. The Morgan fingerprint density at radius 3 is 1.37 bits per heavy atom. The quantitative estimate of drug-likeness (QED) is 0.0660. The maximum atomic E-state index is 12.5. The van der Waals surface area contributed by atoms with Gasteiger partial charge in [0.25, 0.3) is 23.6 Å². The van der Waals surface area contributed by atoms with Crippen molar-refractivity contribution in [2.45, 2.75) is 83.0 Å². The molecule has 0 saturated carbocycles. The fraction of sp³-hybridized carbons (Fsp3) is 0.643. The van der Waals surface area contributed by atoms with Crippen LogP contribution < -0.4 is 16.4 Å². The number of nitrogens with one attached hydrogen (secondary N) is 2. The first-order valence-electron chi connectivity index (χ1n) is 17.8. The smallest absolute Gasteiger partial charge is 0.395 e. The van der Waals surface area contributed by atoms with E-state index in [2.05, 4.69) is 10.6 Å². The van der Waals surface area contributed by atoms with Gasteiger partial charge in [-0.05, 0) is 52.0 Å². The molecule has 2 fully saturated rings. The van der Waals surface area contributed by atoms with Gasteiger partial charge in [0, 0.05) is 88.0 Å². The van der Waals surface area contributed by atoms with Crippen molar-refractivity contribution in [3.63, 3.8) is 0 Å². The predicted molar refractivity (Wildman–Crippen MR) is 200 cm³/mol. The van der Waals surface area contributed by atoms with Crippen molar-refractivity contribution in [2.75, 3.05) is 32.7 Å². The molecule has 2 bridgehead atoms. The molecule has 4 aliphatic rings. The lowest BCUT2D eigenvalue weighted by atomic mass is 10.3. The second-order valence-electron chi connectivity index (χ2n) is 14.1. The molecular weight excluding hydrogens is 815 g/mol. The summed E-state index contributed by atoms with van der Waals surface area (Å²) in [5.74, 6) is -2.74. The molecule has 0 aliphatic carbocycles. The van der Waals surface area contributed by atoms with Gasteiger partial charge in [0.15, 0.2) is 0 Å². The summed E-state index contributed by atoms with van der Waals surface area (Å²) in [6.45, 7) is 8.80. The fourth-order valence-corrected chi connectivity index (χ4v) is 35.9. The number of hydrogen-bond acceptors (Lipinski definition) is 16. The van der Waals surface area contributed by atoms with Gasteiger partial charge in [-0.3, -0.25) is 38.6 Å². The molecule has 0 spiro atoms. The number of imide groups is 2. The van der Waals surface area contributed by atoms with E-state index in [1.807, 2.05) is 0 Å². The van der Waals surface area contributed by atoms with Crippen LogP contribution in [0.15, 0.2) is 24.3 Å². The number of carbonyl (C=O) groups is 6. The molecule has 0 aromatic heterocycles. The Morgan fingerprint density at radius 2 is 1.00 bits per heavy atom. The van der Waals surface area contributed by atoms with Crippen molar-refractivity contribution >= 4 is 87.8 Å². The van der Waals surface area contributed by atoms with E-state index >= 15 is 0 Å². The lowest BCUT2D eigenvalue weighted by molar-refractivity contribution is -0.139. The second kappa shape index (κ2) is 17.8. The normalized spacial score (nSPS) is 30.6. The molecule has 6 N–H and O–H groups in total. The third-order valence-corrected chi connectivity index (χ3v) is 32.3. The van der Waals surface area contributed by atoms with Crippen LogP contribution in [0.3, 0.4) is 0 Å². The van der Waals surface area contributed by atoms with Gasteiger partial charge in [0.1, 0.15) is 0 Å². The molecule has 0 radical (unpaired) electrons. The molecule has 4 rings (SSSR count). The van der Waals surface area contributed by atoms with E-state index in [1.54, 1.807) is 32.7 Å². The minimum Gasteiger partial charge on any atom is -0.395 e. The van der Waals surface area contributed by atoms with E-state index in [-0.39, 0.29) is 76.5 Å². The summed E-state index contributed by atoms with van der Waals surface area (Å²) in [6.07, 6.45) is 5.07. The number of amides is 6. The summed E-state index contributed by atoms with van der Waals surface area (Å²) >= 11 is 0. The van der Waals surface area contributed by atoms with Crippen LogP contribution in [0.4, 0.5) is 0 Å². The lowest BCUT2D eigenvalue weighted by Gasteiger charge is -2.52. The van der Waals surface area contributed by atoms with E-state index in [9.17, 15) is 38.4 Å². The van der Waals surface area contributed by atoms with E-state index < -0.39 is 87.8 Å². The van der Waals surface area contributed by atoms with Crippen LogP contribution in [0.5, 0.6) is 0 Å². The van der Waals surface area contributed by atoms with Crippen molar-refractivity contribution < 1.29 is 67.2 Å². The zero-order valence-electron chi connectivity index (χ0n) is 31.2. The molecule has 2 unspecified atom stereocenters. The third kappa shape index (κ3) is 12.6. The summed E-state index contributed by atoms with van der Waals surface area (Å²) in [5.41, 5.74) is 5.90. The predicted octanol–water partition coefficient (Wildman–Crippen LogP) is -1.10. The zero-order valence-corrected chi connectivity index (χ0v) is 37.2. The standard InChI is InChI=1S/C28H51N5O15Si6/c1-49(2)42-51(5)43-50(3,4)45-53(41,21-8-17-31-24(35)14-19-33-27(38)11-12-28(33)39)48-54(46-51,22-6-15-29)47-52(40,44-49)20-7-16-30-23(34)13-18-32-25(36)9-10-26(32)37/h9-12,40-41H,6-8,13-22,29H2,1-5H3,(H,30,34)(H,31,35). The molecule has 26 heteroatoms. The van der Waals surface area contributed by atoms with Gasteiger partial charge in [-0.25, -0.2) is 0 Å². The molecule has 2 saturated heterocycles. The van der Waals surface area contributed by atoms with Gasteiger partial charge in [0.2, 0.25) is 11.8 Å². The maximum Gasteiger partial charge on any atom is 0.481 e. The van der Waals surface area contributed by atoms with Gasteiger partial charge in [0.05, 0.1) is 0 Å². The minimum absolute atomic E-state index is 0.0545. The lowest BCUT2D eigenvalue weighted by Crippen LogP contribution is -2.76. The summed E-state index contributed by atoms with van der Waals surface area (Å²) in [4.78, 5) is 98.2. The molecule has 2 atom stereocenters. The first kappa shape index (κ1) is 44.3. The van der Waals surface area contributed by atoms with E-state index in [0.29, 0.717) is 6.42 Å². The zero-order chi connectivity index (χ0) is 40.0. The Labute approximate surface area is 320 Å². The van der Waals surface area contributed by atoms with Crippen molar-refractivity contribution in [2.24, 2.45) is 5.73 Å². The van der Waals surface area contributed by atoms with Crippen LogP contribution in [-0.2, 0) is 57.6 Å². The SMILES string of the molecule is C[Si]1(C)O[Si](O)(CCCNC(=O)CCN2C(=O)C=CC2=O)O[Si]2(CCCN)O[Si](O)(CCCNC(=O)CCN3C(=O)C=CC3=O)O[Si](C)(C)O[Si](C)(O1)O2. The maximum absolute atomic E-state index is 12.5. The number of carbonyl (C=O) groups excluding carboxylic acids is 6. The van der Waals surface area contributed by atoms with Crippen LogP contribution in [0.25, 0.3) is 0 Å². The molecule has 302 valence electrons. The minimum atomic E-state index is -4.27. The Hall–Kier alpha value is -2.40. The van der Waals surface area contributed by atoms with Crippen molar-refractivity contribution in [3.8, 4) is 0 Å². The van der Waals surface area contributed by atoms with Crippen LogP contribution in [0.1, 0.15) is 32.1 Å². The molecule has 4 heterocycles. The van der Waals surface area contributed by atoms with E-state index in [0.717, 1.165) is 34.1 Å². The Morgan fingerprint density at radius 1 is 0.611 bits per heavy atom. The number of fused-ring (bicyclic) bond motifs is 2. The highest BCUT2D eigenvalue weighted by atomic mass is 28.6. The largest absolute Gasteiger partial charge is 0.481 e. The second-order valence-corrected chi connectivity index (χ2v) is 32.9. The third-order valence-electron chi connectivity index (χ3n) is 8.24.